The molecule has 1 aromatic carbocycles. The van der Waals surface area contributed by atoms with E-state index in [-0.39, 0.29) is 18.0 Å². The van der Waals surface area contributed by atoms with Crippen LogP contribution < -0.4 is 4.87 Å². The van der Waals surface area contributed by atoms with Crippen LogP contribution in [0.15, 0.2) is 27.9 Å². The van der Waals surface area contributed by atoms with E-state index in [1.165, 1.54) is 11.3 Å². The van der Waals surface area contributed by atoms with E-state index in [1.54, 1.807) is 4.57 Å². The van der Waals surface area contributed by atoms with Gasteiger partial charge in [0.1, 0.15) is 11.6 Å². The molecule has 0 bridgehead atoms. The lowest BCUT2D eigenvalue weighted by atomic mass is 10.0. The number of halogens is 2. The molecule has 1 aliphatic carbocycles. The van der Waals surface area contributed by atoms with Crippen molar-refractivity contribution in [1.29, 1.82) is 0 Å². The van der Waals surface area contributed by atoms with E-state index in [2.05, 4.69) is 0 Å². The third kappa shape index (κ3) is 3.54. The molecule has 10 heteroatoms. The van der Waals surface area contributed by atoms with Crippen molar-refractivity contribution in [1.82, 2.24) is 13.8 Å². The van der Waals surface area contributed by atoms with E-state index in [0.717, 1.165) is 58.8 Å². The van der Waals surface area contributed by atoms with Gasteiger partial charge in [0.25, 0.3) is 0 Å². The molecule has 0 N–H and O–H groups in total. The predicted molar refractivity (Wildman–Crippen MR) is 102 cm³/mol. The molecule has 0 amide bonds. The van der Waals surface area contributed by atoms with Gasteiger partial charge in [-0.25, -0.2) is 17.2 Å². The van der Waals surface area contributed by atoms with E-state index in [1.807, 2.05) is 4.90 Å². The zero-order valence-electron chi connectivity index (χ0n) is 15.2. The molecule has 0 radical (unpaired) electrons. The summed E-state index contributed by atoms with van der Waals surface area (Å²) in [6.45, 7) is 1.46. The van der Waals surface area contributed by atoms with Crippen LogP contribution in [0.3, 0.4) is 0 Å². The van der Waals surface area contributed by atoms with Gasteiger partial charge in [-0.05, 0) is 37.8 Å². The Balaban J connectivity index is 1.47. The summed E-state index contributed by atoms with van der Waals surface area (Å²) in [7, 11) is -4.24. The van der Waals surface area contributed by atoms with Crippen molar-refractivity contribution in [2.75, 3.05) is 26.2 Å². The Hall–Kier alpha value is -1.62. The van der Waals surface area contributed by atoms with Crippen LogP contribution in [0.25, 0.3) is 0 Å². The van der Waals surface area contributed by atoms with Gasteiger partial charge in [-0.1, -0.05) is 17.4 Å². The van der Waals surface area contributed by atoms with Crippen molar-refractivity contribution < 1.29 is 17.2 Å². The van der Waals surface area contributed by atoms with Gasteiger partial charge < -0.3 is 0 Å². The third-order valence-electron chi connectivity index (χ3n) is 5.34. The highest BCUT2D eigenvalue weighted by molar-refractivity contribution is 7.89. The van der Waals surface area contributed by atoms with Crippen molar-refractivity contribution in [3.63, 3.8) is 0 Å². The molecule has 0 spiro atoms. The number of thiazole rings is 1. The number of sulfonamides is 1. The fourth-order valence-corrected chi connectivity index (χ4v) is 6.44. The number of hydrogen-bond donors (Lipinski definition) is 0. The van der Waals surface area contributed by atoms with Gasteiger partial charge in [-0.2, -0.15) is 4.31 Å². The van der Waals surface area contributed by atoms with Gasteiger partial charge in [-0.15, -0.1) is 0 Å². The first-order valence-corrected chi connectivity index (χ1v) is 11.5. The van der Waals surface area contributed by atoms with Gasteiger partial charge in [0.15, 0.2) is 4.90 Å². The standard InChI is InChI=1S/C18H21F2N3O3S2/c19-13-4-3-5-14(20)17(13)28(25,26)22-10-8-21(9-11-22)12-23-15-6-1-2-7-16(15)27-18(23)24/h3-5H,1-2,6-12H2. The monoisotopic (exact) mass is 429 g/mol. The average Bonchev–Trinajstić information content (AvgIpc) is 2.97. The SMILES string of the molecule is O=c1sc2c(n1CN1CCN(S(=O)(=O)c3c(F)cccc3F)CC1)CCCC2. The maximum Gasteiger partial charge on any atom is 0.308 e. The van der Waals surface area contributed by atoms with Gasteiger partial charge in [-0.3, -0.25) is 14.3 Å². The zero-order chi connectivity index (χ0) is 19.9. The molecule has 1 aromatic heterocycles. The largest absolute Gasteiger partial charge is 0.308 e. The van der Waals surface area contributed by atoms with E-state index in [0.29, 0.717) is 19.8 Å². The van der Waals surface area contributed by atoms with Gasteiger partial charge in [0, 0.05) is 36.8 Å². The normalized spacial score (nSPS) is 18.9. The minimum atomic E-state index is -4.24. The lowest BCUT2D eigenvalue weighted by molar-refractivity contribution is 0.149. The first-order valence-electron chi connectivity index (χ1n) is 9.26. The fraction of sp³-hybridized carbons (Fsp3) is 0.500. The van der Waals surface area contributed by atoms with E-state index in [9.17, 15) is 22.0 Å². The van der Waals surface area contributed by atoms with Crippen molar-refractivity contribution in [2.24, 2.45) is 0 Å². The molecule has 6 nitrogen and oxygen atoms in total. The predicted octanol–water partition coefficient (Wildman–Crippen LogP) is 2.03. The Morgan fingerprint density at radius 1 is 1.00 bits per heavy atom. The number of piperazine rings is 1. The summed E-state index contributed by atoms with van der Waals surface area (Å²) in [5.74, 6) is -2.17. The van der Waals surface area contributed by atoms with E-state index in [4.69, 9.17) is 0 Å². The van der Waals surface area contributed by atoms with Crippen LogP contribution in [0, 0.1) is 11.6 Å². The highest BCUT2D eigenvalue weighted by Crippen LogP contribution is 2.25. The minimum absolute atomic E-state index is 0.0235. The minimum Gasteiger partial charge on any atom is -0.289 e. The Kier molecular flexibility index (Phi) is 5.38. The van der Waals surface area contributed by atoms with Crippen LogP contribution >= 0.6 is 11.3 Å². The number of aromatic nitrogens is 1. The highest BCUT2D eigenvalue weighted by atomic mass is 32.2. The maximum absolute atomic E-state index is 13.9. The van der Waals surface area contributed by atoms with Crippen LogP contribution in [0.5, 0.6) is 0 Å². The number of rotatable bonds is 4. The molecule has 4 rings (SSSR count). The Morgan fingerprint density at radius 3 is 2.32 bits per heavy atom. The van der Waals surface area contributed by atoms with Crippen LogP contribution in [-0.4, -0.2) is 48.4 Å². The quantitative estimate of drug-likeness (QED) is 0.746. The molecule has 28 heavy (non-hydrogen) atoms. The number of fused-ring (bicyclic) bond motifs is 1. The second kappa shape index (κ2) is 7.66. The fourth-order valence-electron chi connectivity index (χ4n) is 3.84. The molecule has 1 saturated heterocycles. The summed E-state index contributed by atoms with van der Waals surface area (Å²) in [6.07, 6.45) is 4.02. The zero-order valence-corrected chi connectivity index (χ0v) is 16.9. The molecule has 2 heterocycles. The van der Waals surface area contributed by atoms with Crippen molar-refractivity contribution >= 4 is 21.4 Å². The van der Waals surface area contributed by atoms with Crippen LogP contribution in [0.1, 0.15) is 23.4 Å². The van der Waals surface area contributed by atoms with Gasteiger partial charge >= 0.3 is 4.87 Å². The summed E-state index contributed by atoms with van der Waals surface area (Å²) in [5, 5.41) is 0. The lowest BCUT2D eigenvalue weighted by Gasteiger charge is -2.34. The summed E-state index contributed by atoms with van der Waals surface area (Å²) < 4.78 is 56.1. The molecule has 2 aromatic rings. The lowest BCUT2D eigenvalue weighted by Crippen LogP contribution is -2.49. The number of benzene rings is 1. The maximum atomic E-state index is 13.9. The highest BCUT2D eigenvalue weighted by Gasteiger charge is 2.33. The molecule has 0 unspecified atom stereocenters. The summed E-state index contributed by atoms with van der Waals surface area (Å²) >= 11 is 1.30. The molecule has 152 valence electrons. The Bertz CT molecular complexity index is 1020. The van der Waals surface area contributed by atoms with Crippen LogP contribution in [-0.2, 0) is 29.5 Å². The molecule has 0 saturated carbocycles. The number of nitrogens with zero attached hydrogens (tertiary/aromatic N) is 3. The van der Waals surface area contributed by atoms with Crippen molar-refractivity contribution in [3.05, 3.63) is 50.1 Å². The van der Waals surface area contributed by atoms with E-state index >= 15 is 0 Å². The van der Waals surface area contributed by atoms with Crippen LogP contribution in [0.4, 0.5) is 8.78 Å². The first kappa shape index (κ1) is 19.7. The second-order valence-electron chi connectivity index (χ2n) is 7.09. The summed E-state index contributed by atoms with van der Waals surface area (Å²) in [4.78, 5) is 14.6. The molecular weight excluding hydrogens is 408 g/mol. The topological polar surface area (TPSA) is 62.6 Å². The second-order valence-corrected chi connectivity index (χ2v) is 10.0. The molecule has 2 aliphatic rings. The average molecular weight is 430 g/mol. The Morgan fingerprint density at radius 2 is 1.64 bits per heavy atom. The third-order valence-corrected chi connectivity index (χ3v) is 8.37. The molecular formula is C18H21F2N3O3S2. The van der Waals surface area contributed by atoms with Crippen molar-refractivity contribution in [2.45, 2.75) is 37.2 Å². The smallest absolute Gasteiger partial charge is 0.289 e. The molecule has 0 atom stereocenters. The van der Waals surface area contributed by atoms with Gasteiger partial charge in [0.05, 0.1) is 6.67 Å². The summed E-state index contributed by atoms with van der Waals surface area (Å²) in [6, 6.07) is 3.03. The number of aryl methyl sites for hydroxylation is 1. The van der Waals surface area contributed by atoms with E-state index < -0.39 is 26.6 Å². The summed E-state index contributed by atoms with van der Waals surface area (Å²) in [5.41, 5.74) is 1.10. The van der Waals surface area contributed by atoms with Crippen molar-refractivity contribution in [3.8, 4) is 0 Å². The Labute approximate surface area is 166 Å². The van der Waals surface area contributed by atoms with Gasteiger partial charge in [0.2, 0.25) is 10.0 Å². The number of hydrogen-bond acceptors (Lipinski definition) is 5. The molecule has 1 fully saturated rings. The molecule has 1 aliphatic heterocycles. The first-order chi connectivity index (χ1) is 13.4. The van der Waals surface area contributed by atoms with Crippen LogP contribution in [0.2, 0.25) is 0 Å².